The van der Waals surface area contributed by atoms with Gasteiger partial charge in [0.1, 0.15) is 5.82 Å². The molecular formula is C16H28Cl2N4O2. The fourth-order valence-corrected chi connectivity index (χ4v) is 2.79. The van der Waals surface area contributed by atoms with Gasteiger partial charge in [0.2, 0.25) is 0 Å². The van der Waals surface area contributed by atoms with Crippen molar-refractivity contribution in [1.29, 1.82) is 0 Å². The fraction of sp³-hybridized carbons (Fsp3) is 0.625. The van der Waals surface area contributed by atoms with Gasteiger partial charge in [0.05, 0.1) is 12.2 Å². The van der Waals surface area contributed by atoms with E-state index in [1.165, 1.54) is 0 Å². The Morgan fingerprint density at radius 1 is 1.33 bits per heavy atom. The number of carbonyl (C=O) groups excluding carboxylic acids is 1. The van der Waals surface area contributed by atoms with E-state index in [9.17, 15) is 4.79 Å². The molecule has 8 heteroatoms. The van der Waals surface area contributed by atoms with Crippen LogP contribution in [-0.4, -0.2) is 58.3 Å². The van der Waals surface area contributed by atoms with Crippen molar-refractivity contribution >= 4 is 36.5 Å². The molecule has 2 N–H and O–H groups in total. The van der Waals surface area contributed by atoms with Crippen LogP contribution >= 0.6 is 24.8 Å². The predicted octanol–water partition coefficient (Wildman–Crippen LogP) is 1.74. The first-order valence-corrected chi connectivity index (χ1v) is 7.68. The summed E-state index contributed by atoms with van der Waals surface area (Å²) in [4.78, 5) is 18.5. The molecule has 0 bridgehead atoms. The van der Waals surface area contributed by atoms with E-state index in [0.717, 1.165) is 31.7 Å². The molecule has 6 nitrogen and oxygen atoms in total. The lowest BCUT2D eigenvalue weighted by Crippen LogP contribution is -2.47. The quantitative estimate of drug-likeness (QED) is 0.788. The summed E-state index contributed by atoms with van der Waals surface area (Å²) in [7, 11) is 5.57. The van der Waals surface area contributed by atoms with Gasteiger partial charge in [-0.15, -0.1) is 24.8 Å². The highest BCUT2D eigenvalue weighted by Crippen LogP contribution is 2.28. The number of aromatic nitrogens is 1. The Hall–Kier alpha value is -1.08. The van der Waals surface area contributed by atoms with Crippen LogP contribution in [0.5, 0.6) is 0 Å². The lowest BCUT2D eigenvalue weighted by molar-refractivity contribution is 0.0511. The van der Waals surface area contributed by atoms with Gasteiger partial charge in [-0.25, -0.2) is 4.98 Å². The molecule has 0 radical (unpaired) electrons. The molecule has 1 aromatic heterocycles. The van der Waals surface area contributed by atoms with Gasteiger partial charge in [-0.1, -0.05) is 0 Å². The summed E-state index contributed by atoms with van der Waals surface area (Å²) in [6.45, 7) is 3.25. The smallest absolute Gasteiger partial charge is 0.252 e. The minimum absolute atomic E-state index is 0. The number of rotatable bonds is 6. The van der Waals surface area contributed by atoms with Gasteiger partial charge >= 0.3 is 0 Å². The number of hydrogen-bond acceptors (Lipinski definition) is 5. The Kier molecular flexibility index (Phi) is 10.2. The molecular weight excluding hydrogens is 351 g/mol. The summed E-state index contributed by atoms with van der Waals surface area (Å²) in [5.41, 5.74) is 0.624. The van der Waals surface area contributed by atoms with Gasteiger partial charge in [0.25, 0.3) is 5.91 Å². The van der Waals surface area contributed by atoms with Crippen molar-refractivity contribution < 1.29 is 9.53 Å². The third kappa shape index (κ3) is 6.09. The molecule has 1 aromatic rings. The van der Waals surface area contributed by atoms with Crippen molar-refractivity contribution in [3.05, 3.63) is 23.9 Å². The molecule has 2 heterocycles. The first kappa shape index (κ1) is 22.9. The standard InChI is InChI=1S/C16H26N4O2.2ClH/c1-20(2)14-5-4-13(10-18-14)15(21)19-11-16(12-22-3)6-8-17-9-7-16;;/h4-5,10,17H,6-9,11-12H2,1-3H3,(H,19,21);2*1H. The number of methoxy groups -OCH3 is 1. The van der Waals surface area contributed by atoms with Crippen LogP contribution < -0.4 is 15.5 Å². The van der Waals surface area contributed by atoms with Gasteiger partial charge in [0, 0.05) is 39.4 Å². The average Bonchev–Trinajstić information content (AvgIpc) is 2.54. The highest BCUT2D eigenvalue weighted by Gasteiger charge is 2.32. The molecule has 0 spiro atoms. The van der Waals surface area contributed by atoms with Gasteiger partial charge in [-0.3, -0.25) is 4.79 Å². The summed E-state index contributed by atoms with van der Waals surface area (Å²) < 4.78 is 5.37. The predicted molar refractivity (Wildman–Crippen MR) is 102 cm³/mol. The van der Waals surface area contributed by atoms with E-state index in [2.05, 4.69) is 15.6 Å². The van der Waals surface area contributed by atoms with Crippen molar-refractivity contribution in [3.8, 4) is 0 Å². The molecule has 0 aromatic carbocycles. The third-order valence-electron chi connectivity index (χ3n) is 4.21. The Morgan fingerprint density at radius 3 is 2.50 bits per heavy atom. The van der Waals surface area contributed by atoms with Crippen LogP contribution in [0, 0.1) is 5.41 Å². The van der Waals surface area contributed by atoms with E-state index < -0.39 is 0 Å². The maximum absolute atomic E-state index is 12.3. The zero-order valence-electron chi connectivity index (χ0n) is 14.5. The number of nitrogens with zero attached hydrogens (tertiary/aromatic N) is 2. The van der Waals surface area contributed by atoms with Crippen LogP contribution in [0.1, 0.15) is 23.2 Å². The van der Waals surface area contributed by atoms with Gasteiger partial charge in [0.15, 0.2) is 0 Å². The van der Waals surface area contributed by atoms with Gasteiger partial charge in [-0.2, -0.15) is 0 Å². The molecule has 2 rings (SSSR count). The van der Waals surface area contributed by atoms with E-state index in [0.29, 0.717) is 18.7 Å². The Labute approximate surface area is 156 Å². The number of carbonyl (C=O) groups is 1. The number of ether oxygens (including phenoxy) is 1. The normalized spacial score (nSPS) is 15.6. The van der Waals surface area contributed by atoms with Crippen molar-refractivity contribution in [1.82, 2.24) is 15.6 Å². The number of nitrogens with one attached hydrogen (secondary N) is 2. The number of anilines is 1. The summed E-state index contributed by atoms with van der Waals surface area (Å²) in [5.74, 6) is 0.762. The number of halogens is 2. The summed E-state index contributed by atoms with van der Waals surface area (Å²) >= 11 is 0. The molecule has 24 heavy (non-hydrogen) atoms. The van der Waals surface area contributed by atoms with Crippen molar-refractivity contribution in [2.75, 3.05) is 52.3 Å². The number of piperidine rings is 1. The van der Waals surface area contributed by atoms with E-state index in [1.54, 1.807) is 13.3 Å². The zero-order chi connectivity index (χ0) is 16.0. The van der Waals surface area contributed by atoms with Crippen LogP contribution in [0.15, 0.2) is 18.3 Å². The van der Waals surface area contributed by atoms with E-state index in [-0.39, 0.29) is 36.1 Å². The van der Waals surface area contributed by atoms with Crippen LogP contribution in [0.4, 0.5) is 5.82 Å². The number of pyridine rings is 1. The van der Waals surface area contributed by atoms with E-state index in [1.807, 2.05) is 31.1 Å². The number of amides is 1. The molecule has 1 amide bonds. The van der Waals surface area contributed by atoms with Crippen molar-refractivity contribution in [2.24, 2.45) is 5.41 Å². The minimum Gasteiger partial charge on any atom is -0.384 e. The first-order chi connectivity index (χ1) is 10.6. The monoisotopic (exact) mass is 378 g/mol. The summed E-state index contributed by atoms with van der Waals surface area (Å²) in [6.07, 6.45) is 3.65. The van der Waals surface area contributed by atoms with Gasteiger partial charge in [-0.05, 0) is 38.1 Å². The SMILES string of the molecule is COCC1(CNC(=O)c2ccc(N(C)C)nc2)CCNCC1.Cl.Cl. The Bertz CT molecular complexity index is 486. The van der Waals surface area contributed by atoms with Crippen molar-refractivity contribution in [2.45, 2.75) is 12.8 Å². The Balaban J connectivity index is 0.00000264. The van der Waals surface area contributed by atoms with Crippen LogP contribution in [0.25, 0.3) is 0 Å². The molecule has 1 aliphatic rings. The molecule has 1 saturated heterocycles. The maximum Gasteiger partial charge on any atom is 0.252 e. The topological polar surface area (TPSA) is 66.5 Å². The zero-order valence-corrected chi connectivity index (χ0v) is 16.1. The molecule has 0 atom stereocenters. The minimum atomic E-state index is -0.0770. The second kappa shape index (κ2) is 10.7. The largest absolute Gasteiger partial charge is 0.384 e. The first-order valence-electron chi connectivity index (χ1n) is 7.68. The summed E-state index contributed by atoms with van der Waals surface area (Å²) in [5, 5.41) is 6.39. The second-order valence-corrected chi connectivity index (χ2v) is 6.17. The lowest BCUT2D eigenvalue weighted by Gasteiger charge is -2.37. The Morgan fingerprint density at radius 2 is 2.00 bits per heavy atom. The van der Waals surface area contributed by atoms with Gasteiger partial charge < -0.3 is 20.3 Å². The van der Waals surface area contributed by atoms with Crippen LogP contribution in [0.2, 0.25) is 0 Å². The highest BCUT2D eigenvalue weighted by molar-refractivity contribution is 5.94. The molecule has 0 unspecified atom stereocenters. The summed E-state index contributed by atoms with van der Waals surface area (Å²) in [6, 6.07) is 3.66. The maximum atomic E-state index is 12.3. The molecule has 1 aliphatic heterocycles. The fourth-order valence-electron chi connectivity index (χ4n) is 2.79. The third-order valence-corrected chi connectivity index (χ3v) is 4.21. The lowest BCUT2D eigenvalue weighted by atomic mass is 9.79. The van der Waals surface area contributed by atoms with Crippen LogP contribution in [0.3, 0.4) is 0 Å². The van der Waals surface area contributed by atoms with Crippen LogP contribution in [-0.2, 0) is 4.74 Å². The molecule has 138 valence electrons. The molecule has 0 saturated carbocycles. The van der Waals surface area contributed by atoms with E-state index >= 15 is 0 Å². The van der Waals surface area contributed by atoms with E-state index in [4.69, 9.17) is 4.74 Å². The molecule has 1 fully saturated rings. The second-order valence-electron chi connectivity index (χ2n) is 6.17. The molecule has 0 aliphatic carbocycles. The average molecular weight is 379 g/mol. The van der Waals surface area contributed by atoms with Crippen molar-refractivity contribution in [3.63, 3.8) is 0 Å². The highest BCUT2D eigenvalue weighted by atomic mass is 35.5. The number of hydrogen-bond donors (Lipinski definition) is 2.